The number of aromatic nitrogens is 2. The number of para-hydroxylation sites is 2. The van der Waals surface area contributed by atoms with Crippen molar-refractivity contribution < 1.29 is 14.4 Å². The first-order valence-corrected chi connectivity index (χ1v) is 12.4. The van der Waals surface area contributed by atoms with Crippen LogP contribution in [0.15, 0.2) is 85.2 Å². The molecular formula is C30H24N4O3. The maximum Gasteiger partial charge on any atom is 0.357 e. The zero-order valence-corrected chi connectivity index (χ0v) is 20.0. The lowest BCUT2D eigenvalue weighted by molar-refractivity contribution is -0.117. The summed E-state index contributed by atoms with van der Waals surface area (Å²) in [6.07, 6.45) is 4.07. The number of amides is 1. The third-order valence-corrected chi connectivity index (χ3v) is 7.28. The Labute approximate surface area is 212 Å². The highest BCUT2D eigenvalue weighted by molar-refractivity contribution is 6.33. The van der Waals surface area contributed by atoms with Crippen LogP contribution >= 0.6 is 0 Å². The zero-order chi connectivity index (χ0) is 24.9. The van der Waals surface area contributed by atoms with Crippen LogP contribution in [-0.4, -0.2) is 39.6 Å². The Balaban J connectivity index is 1.29. The second kappa shape index (κ2) is 8.50. The van der Waals surface area contributed by atoms with E-state index in [-0.39, 0.29) is 11.9 Å². The standard InChI is InChI=1S/C30H24N4O3/c35-29-27(24(16-32-29)23-15-31-26-12-5-4-10-21(23)26)25-18-33-13-14-34(17-20-9-6-11-22(25)28(20)33)37-30(36)19-7-2-1-3-8-19/h1-12,15,18,31H,13-14,16-17H2,(H,32,35). The second-order valence-corrected chi connectivity index (χ2v) is 9.44. The quantitative estimate of drug-likeness (QED) is 0.383. The zero-order valence-electron chi connectivity index (χ0n) is 20.0. The molecule has 7 nitrogen and oxygen atoms in total. The molecule has 5 aromatic rings. The molecule has 4 heterocycles. The molecule has 2 aromatic heterocycles. The summed E-state index contributed by atoms with van der Waals surface area (Å²) in [5.74, 6) is -0.420. The second-order valence-electron chi connectivity index (χ2n) is 9.44. The molecule has 37 heavy (non-hydrogen) atoms. The van der Waals surface area contributed by atoms with Crippen molar-refractivity contribution in [1.82, 2.24) is 19.9 Å². The molecule has 3 aromatic carbocycles. The van der Waals surface area contributed by atoms with Gasteiger partial charge in [-0.25, -0.2) is 4.79 Å². The van der Waals surface area contributed by atoms with Crippen LogP contribution in [0.4, 0.5) is 0 Å². The number of carbonyl (C=O) groups excluding carboxylic acids is 2. The van der Waals surface area contributed by atoms with Gasteiger partial charge in [-0.1, -0.05) is 54.6 Å². The topological polar surface area (TPSA) is 79.4 Å². The van der Waals surface area contributed by atoms with Crippen molar-refractivity contribution in [1.29, 1.82) is 0 Å². The molecule has 0 bridgehead atoms. The van der Waals surface area contributed by atoms with Crippen molar-refractivity contribution in [2.45, 2.75) is 13.1 Å². The number of rotatable bonds is 4. The molecule has 0 atom stereocenters. The molecule has 0 saturated heterocycles. The average molecular weight is 489 g/mol. The summed E-state index contributed by atoms with van der Waals surface area (Å²) in [6, 6.07) is 23.3. The van der Waals surface area contributed by atoms with Gasteiger partial charge in [-0.3, -0.25) is 4.79 Å². The monoisotopic (exact) mass is 488 g/mol. The molecule has 0 aliphatic carbocycles. The van der Waals surface area contributed by atoms with Gasteiger partial charge in [0.1, 0.15) is 0 Å². The number of nitrogens with one attached hydrogen (secondary N) is 2. The first-order valence-electron chi connectivity index (χ1n) is 12.4. The highest BCUT2D eigenvalue weighted by atomic mass is 16.7. The lowest BCUT2D eigenvalue weighted by Crippen LogP contribution is -2.28. The summed E-state index contributed by atoms with van der Waals surface area (Å²) in [7, 11) is 0. The van der Waals surface area contributed by atoms with E-state index in [2.05, 4.69) is 39.3 Å². The predicted molar refractivity (Wildman–Crippen MR) is 142 cm³/mol. The van der Waals surface area contributed by atoms with Crippen LogP contribution in [0.5, 0.6) is 0 Å². The molecule has 0 saturated carbocycles. The van der Waals surface area contributed by atoms with Gasteiger partial charge in [-0.2, -0.15) is 0 Å². The van der Waals surface area contributed by atoms with E-state index < -0.39 is 0 Å². The Hall–Kier alpha value is -4.62. The summed E-state index contributed by atoms with van der Waals surface area (Å²) in [5, 5.41) is 6.90. The van der Waals surface area contributed by atoms with Crippen LogP contribution < -0.4 is 5.32 Å². The highest BCUT2D eigenvalue weighted by Crippen LogP contribution is 2.39. The largest absolute Gasteiger partial charge is 0.363 e. The molecular weight excluding hydrogens is 464 g/mol. The van der Waals surface area contributed by atoms with Crippen molar-refractivity contribution in [2.24, 2.45) is 0 Å². The minimum Gasteiger partial charge on any atom is -0.363 e. The number of nitrogens with zero attached hydrogens (tertiary/aromatic N) is 2. The lowest BCUT2D eigenvalue weighted by atomic mass is 9.95. The Morgan fingerprint density at radius 3 is 2.57 bits per heavy atom. The molecule has 7 heteroatoms. The van der Waals surface area contributed by atoms with Crippen molar-refractivity contribution in [3.8, 4) is 0 Å². The molecule has 0 spiro atoms. The number of benzene rings is 3. The Bertz CT molecular complexity index is 1730. The average Bonchev–Trinajstić information content (AvgIpc) is 3.59. The van der Waals surface area contributed by atoms with Crippen LogP contribution in [0.25, 0.3) is 33.0 Å². The van der Waals surface area contributed by atoms with Crippen molar-refractivity contribution in [3.05, 3.63) is 107 Å². The summed E-state index contributed by atoms with van der Waals surface area (Å²) in [4.78, 5) is 34.9. The van der Waals surface area contributed by atoms with E-state index in [9.17, 15) is 9.59 Å². The van der Waals surface area contributed by atoms with Gasteiger partial charge in [0.15, 0.2) is 0 Å². The smallest absolute Gasteiger partial charge is 0.357 e. The minimum atomic E-state index is -0.365. The van der Waals surface area contributed by atoms with Gasteiger partial charge in [-0.05, 0) is 29.3 Å². The Morgan fingerprint density at radius 1 is 0.865 bits per heavy atom. The third-order valence-electron chi connectivity index (χ3n) is 7.28. The number of hydroxylamine groups is 2. The van der Waals surface area contributed by atoms with Crippen molar-refractivity contribution >= 4 is 44.8 Å². The predicted octanol–water partition coefficient (Wildman–Crippen LogP) is 4.75. The van der Waals surface area contributed by atoms with Gasteiger partial charge >= 0.3 is 5.97 Å². The number of aromatic amines is 1. The van der Waals surface area contributed by atoms with E-state index in [1.165, 1.54) is 0 Å². The molecule has 182 valence electrons. The van der Waals surface area contributed by atoms with Crippen LogP contribution in [0.1, 0.15) is 27.0 Å². The number of hydrogen-bond donors (Lipinski definition) is 2. The van der Waals surface area contributed by atoms with Gasteiger partial charge in [0.05, 0.1) is 29.7 Å². The first-order chi connectivity index (χ1) is 18.2. The minimum absolute atomic E-state index is 0.0554. The number of H-pyrrole nitrogens is 1. The van der Waals surface area contributed by atoms with Crippen LogP contribution in [0, 0.1) is 0 Å². The maximum atomic E-state index is 13.2. The first kappa shape index (κ1) is 21.6. The summed E-state index contributed by atoms with van der Waals surface area (Å²) >= 11 is 0. The van der Waals surface area contributed by atoms with Crippen molar-refractivity contribution in [2.75, 3.05) is 13.1 Å². The van der Waals surface area contributed by atoms with Gasteiger partial charge in [0.2, 0.25) is 0 Å². The molecule has 2 N–H and O–H groups in total. The van der Waals surface area contributed by atoms with Crippen molar-refractivity contribution in [3.63, 3.8) is 0 Å². The summed E-state index contributed by atoms with van der Waals surface area (Å²) < 4.78 is 2.18. The van der Waals surface area contributed by atoms with E-state index in [1.54, 1.807) is 17.2 Å². The number of fused-ring (bicyclic) bond motifs is 1. The maximum absolute atomic E-state index is 13.2. The highest BCUT2D eigenvalue weighted by Gasteiger charge is 2.30. The SMILES string of the molecule is O=C1NCC(c2c[nH]c3ccccc23)=C1c1cn2c3c(cccc13)CN(OC(=O)c1ccccc1)CC2. The summed E-state index contributed by atoms with van der Waals surface area (Å²) in [5.41, 5.74) is 7.40. The Morgan fingerprint density at radius 2 is 1.68 bits per heavy atom. The molecule has 0 fully saturated rings. The third kappa shape index (κ3) is 3.55. The normalized spacial score (nSPS) is 15.8. The fraction of sp³-hybridized carbons (Fsp3) is 0.133. The van der Waals surface area contributed by atoms with Crippen LogP contribution in [0.2, 0.25) is 0 Å². The molecule has 7 rings (SSSR count). The molecule has 2 aliphatic rings. The fourth-order valence-corrected chi connectivity index (χ4v) is 5.57. The van der Waals surface area contributed by atoms with Crippen LogP contribution in [0.3, 0.4) is 0 Å². The van der Waals surface area contributed by atoms with Gasteiger partial charge < -0.3 is 19.7 Å². The van der Waals surface area contributed by atoms with E-state index in [1.807, 2.05) is 48.7 Å². The number of hydrogen-bond acceptors (Lipinski definition) is 4. The lowest BCUT2D eigenvalue weighted by Gasteiger charge is -2.19. The Kier molecular flexibility index (Phi) is 4.97. The molecule has 2 aliphatic heterocycles. The van der Waals surface area contributed by atoms with E-state index in [0.717, 1.165) is 49.6 Å². The molecule has 1 amide bonds. The van der Waals surface area contributed by atoms with Gasteiger partial charge in [0.25, 0.3) is 5.91 Å². The van der Waals surface area contributed by atoms with E-state index in [0.29, 0.717) is 31.7 Å². The molecule has 0 unspecified atom stereocenters. The van der Waals surface area contributed by atoms with Gasteiger partial charge in [-0.15, -0.1) is 5.06 Å². The van der Waals surface area contributed by atoms with Crippen LogP contribution in [-0.2, 0) is 22.7 Å². The number of carbonyl (C=O) groups is 2. The van der Waals surface area contributed by atoms with E-state index >= 15 is 0 Å². The van der Waals surface area contributed by atoms with E-state index in [4.69, 9.17) is 4.84 Å². The summed E-state index contributed by atoms with van der Waals surface area (Å²) in [6.45, 7) is 2.13. The fourth-order valence-electron chi connectivity index (χ4n) is 5.57. The molecule has 0 radical (unpaired) electrons. The van der Waals surface area contributed by atoms with Gasteiger partial charge in [0, 0.05) is 52.9 Å².